The molecule has 0 rings (SSSR count). The molecule has 8 heteroatoms. The van der Waals surface area contributed by atoms with E-state index in [4.69, 9.17) is 11.7 Å². The van der Waals surface area contributed by atoms with Crippen molar-refractivity contribution in [3.63, 3.8) is 0 Å². The van der Waals surface area contributed by atoms with Gasteiger partial charge in [-0.15, -0.1) is 25.3 Å². The predicted octanol–water partition coefficient (Wildman–Crippen LogP) is -0.233. The second-order valence-electron chi connectivity index (χ2n) is 1.95. The van der Waals surface area contributed by atoms with Crippen molar-refractivity contribution in [3.05, 3.63) is 0 Å². The van der Waals surface area contributed by atoms with Crippen LogP contribution in [0.2, 0.25) is 0 Å². The molecule has 0 aromatic rings. The summed E-state index contributed by atoms with van der Waals surface area (Å²) in [5.41, 5.74) is 0. The van der Waals surface area contributed by atoms with Gasteiger partial charge >= 0.3 is 0 Å². The number of nitrogens with zero attached hydrogens (tertiary/aromatic N) is 2. The van der Waals surface area contributed by atoms with Gasteiger partial charge in [-0.2, -0.15) is 0 Å². The molecular weight excluding hydrogens is 232 g/mol. The Morgan fingerprint density at radius 2 is 1.25 bits per heavy atom. The van der Waals surface area contributed by atoms with E-state index in [-0.39, 0.29) is 0 Å². The molecule has 0 bridgehead atoms. The Labute approximate surface area is 93.0 Å². The van der Waals surface area contributed by atoms with E-state index in [9.17, 15) is 0 Å². The maximum absolute atomic E-state index is 5.43. The minimum Gasteiger partial charge on any atom is -0.294 e. The molecule has 0 amide bonds. The Morgan fingerprint density at radius 3 is 1.42 bits per heavy atom. The normalized spacial score (nSPS) is 9.33. The van der Waals surface area contributed by atoms with E-state index in [0.717, 1.165) is 0 Å². The fraction of sp³-hybridized carbons (Fsp3) is 0.500. The van der Waals surface area contributed by atoms with Crippen molar-refractivity contribution in [2.24, 2.45) is 11.7 Å². The van der Waals surface area contributed by atoms with Gasteiger partial charge in [0.15, 0.2) is 0 Å². The molecule has 0 heterocycles. The van der Waals surface area contributed by atoms with Gasteiger partial charge in [0.25, 0.3) is 0 Å². The van der Waals surface area contributed by atoms with Crippen molar-refractivity contribution in [2.45, 2.75) is 0 Å². The maximum atomic E-state index is 5.43. The Balaban J connectivity index is 3.68. The average Bonchev–Trinajstić information content (AvgIpc) is 1.98. The minimum atomic E-state index is 0.313. The molecule has 0 aromatic carbocycles. The predicted molar refractivity (Wildman–Crippen MR) is 65.0 cm³/mol. The zero-order valence-electron chi connectivity index (χ0n) is 6.17. The van der Waals surface area contributed by atoms with Crippen LogP contribution in [0.25, 0.3) is 0 Å². The molecule has 0 fully saturated rings. The summed E-state index contributed by atoms with van der Waals surface area (Å²) < 4.78 is 0.627. The van der Waals surface area contributed by atoms with E-state index in [1.54, 1.807) is 0 Å². The molecule has 0 aromatic heterocycles. The van der Waals surface area contributed by atoms with Crippen molar-refractivity contribution in [1.82, 2.24) is 10.0 Å². The van der Waals surface area contributed by atoms with E-state index in [1.165, 1.54) is 10.0 Å². The first-order valence-corrected chi connectivity index (χ1v) is 4.66. The molecule has 0 radical (unpaired) electrons. The third-order valence-corrected chi connectivity index (χ3v) is 2.06. The molecule has 0 atom stereocenters. The lowest BCUT2D eigenvalue weighted by Gasteiger charge is -2.21. The number of nitrogens with two attached hydrogens (primary N) is 2. The van der Waals surface area contributed by atoms with Crippen molar-refractivity contribution in [1.29, 1.82) is 0 Å². The second-order valence-corrected chi connectivity index (χ2v) is 4.18. The van der Waals surface area contributed by atoms with Crippen LogP contribution in [0.4, 0.5) is 0 Å². The Hall–Kier alpha value is 0.400. The number of hydrogen-bond donors (Lipinski definition) is 4. The molecule has 4 nitrogen and oxygen atoms in total. The van der Waals surface area contributed by atoms with Crippen LogP contribution in [0, 0.1) is 0 Å². The largest absolute Gasteiger partial charge is 0.294 e. The van der Waals surface area contributed by atoms with Crippen LogP contribution in [0.5, 0.6) is 0 Å². The number of hydrogen-bond acceptors (Lipinski definition) is 4. The minimum absolute atomic E-state index is 0.313. The lowest BCUT2D eigenvalue weighted by atomic mass is 10.6. The summed E-state index contributed by atoms with van der Waals surface area (Å²) in [6, 6.07) is 0. The van der Waals surface area contributed by atoms with Crippen LogP contribution in [-0.4, -0.2) is 31.7 Å². The zero-order valence-corrected chi connectivity index (χ0v) is 9.60. The molecule has 4 N–H and O–H groups in total. The number of thiol groups is 2. The van der Waals surface area contributed by atoms with Gasteiger partial charge in [-0.05, 0) is 0 Å². The highest BCUT2D eigenvalue weighted by molar-refractivity contribution is 8.11. The van der Waals surface area contributed by atoms with Gasteiger partial charge < -0.3 is 0 Å². The standard InChI is InChI=1S/C4H10N4S4/c5-7(3(9)10)1-2-8(6)4(11)12/h1-2,5-6H2,(H,9,10)(H,11,12). The van der Waals surface area contributed by atoms with E-state index in [1.807, 2.05) is 0 Å². The first-order valence-electron chi connectivity index (χ1n) is 2.95. The maximum Gasteiger partial charge on any atom is 0.147 e. The quantitative estimate of drug-likeness (QED) is 0.237. The molecule has 0 unspecified atom stereocenters. The van der Waals surface area contributed by atoms with Crippen molar-refractivity contribution >= 4 is 58.3 Å². The zero-order chi connectivity index (χ0) is 9.72. The van der Waals surface area contributed by atoms with Gasteiger partial charge in [-0.25, -0.2) is 11.7 Å². The van der Waals surface area contributed by atoms with Gasteiger partial charge in [0, 0.05) is 0 Å². The first kappa shape index (κ1) is 12.4. The van der Waals surface area contributed by atoms with Crippen molar-refractivity contribution in [2.75, 3.05) is 13.1 Å². The highest BCUT2D eigenvalue weighted by atomic mass is 32.1. The summed E-state index contributed by atoms with van der Waals surface area (Å²) in [6.07, 6.45) is 0. The van der Waals surface area contributed by atoms with Gasteiger partial charge in [-0.1, -0.05) is 24.4 Å². The number of hydrazine groups is 2. The summed E-state index contributed by atoms with van der Waals surface area (Å²) in [6.45, 7) is 0.916. The Kier molecular flexibility index (Phi) is 6.14. The monoisotopic (exact) mass is 242 g/mol. The summed E-state index contributed by atoms with van der Waals surface area (Å²) in [5, 5.41) is 2.59. The lowest BCUT2D eigenvalue weighted by Crippen LogP contribution is -2.43. The molecule has 0 aliphatic rings. The van der Waals surface area contributed by atoms with Gasteiger partial charge in [-0.3, -0.25) is 10.0 Å². The molecule has 0 aliphatic carbocycles. The molecule has 12 heavy (non-hydrogen) atoms. The molecular formula is C4H10N4S4. The summed E-state index contributed by atoms with van der Waals surface area (Å²) in [7, 11) is 0. The summed E-state index contributed by atoms with van der Waals surface area (Å²) in [5.74, 6) is 10.9. The highest BCUT2D eigenvalue weighted by Gasteiger charge is 2.03. The van der Waals surface area contributed by atoms with Crippen LogP contribution < -0.4 is 11.7 Å². The van der Waals surface area contributed by atoms with Crippen LogP contribution in [0.1, 0.15) is 0 Å². The van der Waals surface area contributed by atoms with E-state index >= 15 is 0 Å². The summed E-state index contributed by atoms with van der Waals surface area (Å²) >= 11 is 17.1. The molecule has 0 aliphatic heterocycles. The molecule has 0 saturated heterocycles. The van der Waals surface area contributed by atoms with Gasteiger partial charge in [0.05, 0.1) is 13.1 Å². The lowest BCUT2D eigenvalue weighted by molar-refractivity contribution is 0.366. The average molecular weight is 242 g/mol. The van der Waals surface area contributed by atoms with Crippen LogP contribution in [-0.2, 0) is 0 Å². The van der Waals surface area contributed by atoms with Gasteiger partial charge in [0.1, 0.15) is 8.64 Å². The van der Waals surface area contributed by atoms with Crippen LogP contribution in [0.3, 0.4) is 0 Å². The molecule has 0 spiro atoms. The molecule has 70 valence electrons. The SMILES string of the molecule is NN(CCN(N)C(=S)S)C(=S)S. The summed E-state index contributed by atoms with van der Waals surface area (Å²) in [4.78, 5) is 0. The first-order chi connectivity index (χ1) is 5.45. The fourth-order valence-corrected chi connectivity index (χ4v) is 0.789. The van der Waals surface area contributed by atoms with E-state index in [0.29, 0.717) is 21.7 Å². The molecule has 0 saturated carbocycles. The van der Waals surface area contributed by atoms with Gasteiger partial charge in [0.2, 0.25) is 0 Å². The van der Waals surface area contributed by atoms with Crippen LogP contribution >= 0.6 is 49.7 Å². The third-order valence-electron chi connectivity index (χ3n) is 1.07. The highest BCUT2D eigenvalue weighted by Crippen LogP contribution is 1.92. The smallest absolute Gasteiger partial charge is 0.147 e. The van der Waals surface area contributed by atoms with Crippen molar-refractivity contribution in [3.8, 4) is 0 Å². The Bertz CT molecular complexity index is 164. The van der Waals surface area contributed by atoms with E-state index < -0.39 is 0 Å². The van der Waals surface area contributed by atoms with Crippen LogP contribution in [0.15, 0.2) is 0 Å². The topological polar surface area (TPSA) is 58.5 Å². The fourth-order valence-electron chi connectivity index (χ4n) is 0.407. The second kappa shape index (κ2) is 5.95. The number of thiocarbonyl (C=S) groups is 2. The Morgan fingerprint density at radius 1 is 1.00 bits per heavy atom. The third kappa shape index (κ3) is 5.12. The van der Waals surface area contributed by atoms with Crippen molar-refractivity contribution < 1.29 is 0 Å². The number of rotatable bonds is 3. The van der Waals surface area contributed by atoms with E-state index in [2.05, 4.69) is 49.7 Å².